The van der Waals surface area contributed by atoms with Crippen molar-refractivity contribution in [3.05, 3.63) is 63.7 Å². The number of hydrogen-bond acceptors (Lipinski definition) is 6. The molecular weight excluding hydrogens is 372 g/mol. The largest absolute Gasteiger partial charge is 0.496 e. The highest BCUT2D eigenvalue weighted by Gasteiger charge is 2.15. The highest BCUT2D eigenvalue weighted by atomic mass is 16.6. The van der Waals surface area contributed by atoms with Crippen LogP contribution in [0.15, 0.2) is 47.6 Å². The Labute approximate surface area is 169 Å². The van der Waals surface area contributed by atoms with E-state index in [1.807, 2.05) is 18.2 Å². The number of rotatable bonds is 7. The zero-order chi connectivity index (χ0) is 20.6. The number of anilines is 1. The molecule has 0 radical (unpaired) electrons. The zero-order valence-corrected chi connectivity index (χ0v) is 16.3. The van der Waals surface area contributed by atoms with Gasteiger partial charge in [0.15, 0.2) is 0 Å². The molecule has 2 aromatic carbocycles. The van der Waals surface area contributed by atoms with Crippen LogP contribution in [0.1, 0.15) is 30.4 Å². The molecule has 8 heteroatoms. The number of methoxy groups -OCH3 is 1. The van der Waals surface area contributed by atoms with E-state index in [0.717, 1.165) is 24.3 Å². The molecule has 3 rings (SSSR count). The summed E-state index contributed by atoms with van der Waals surface area (Å²) in [5.74, 6) is 0.240. The van der Waals surface area contributed by atoms with Crippen LogP contribution in [0.2, 0.25) is 0 Å². The predicted octanol–water partition coefficient (Wildman–Crippen LogP) is 3.29. The van der Waals surface area contributed by atoms with E-state index < -0.39 is 10.8 Å². The highest BCUT2D eigenvalue weighted by molar-refractivity contribution is 5.86. The molecule has 8 nitrogen and oxygen atoms in total. The number of carbonyl (C=O) groups is 1. The van der Waals surface area contributed by atoms with Gasteiger partial charge in [0.2, 0.25) is 5.91 Å². The van der Waals surface area contributed by atoms with Crippen molar-refractivity contribution >= 4 is 23.5 Å². The Bertz CT molecular complexity index is 907. The maximum atomic E-state index is 12.1. The Morgan fingerprint density at radius 2 is 2.00 bits per heavy atom. The molecule has 1 fully saturated rings. The minimum atomic E-state index is -0.499. The SMILES string of the molecule is COc1cc(N2CCCCC2)ccc1C=NNC(=O)Cc1ccccc1[N+](=O)[O-]. The summed E-state index contributed by atoms with van der Waals surface area (Å²) in [6.07, 6.45) is 5.04. The van der Waals surface area contributed by atoms with Gasteiger partial charge >= 0.3 is 0 Å². The lowest BCUT2D eigenvalue weighted by Gasteiger charge is -2.29. The number of ether oxygens (including phenoxy) is 1. The third-order valence-electron chi connectivity index (χ3n) is 4.87. The summed E-state index contributed by atoms with van der Waals surface area (Å²) in [7, 11) is 1.60. The molecule has 0 atom stereocenters. The molecule has 0 unspecified atom stereocenters. The number of nitrogens with zero attached hydrogens (tertiary/aromatic N) is 3. The third-order valence-corrected chi connectivity index (χ3v) is 4.87. The van der Waals surface area contributed by atoms with Crippen molar-refractivity contribution in [1.29, 1.82) is 0 Å². The first kappa shape index (κ1) is 20.3. The molecule has 152 valence electrons. The molecule has 0 spiro atoms. The second kappa shape index (κ2) is 9.68. The summed E-state index contributed by atoms with van der Waals surface area (Å²) >= 11 is 0. The van der Waals surface area contributed by atoms with Crippen molar-refractivity contribution in [3.8, 4) is 5.75 Å². The van der Waals surface area contributed by atoms with Gasteiger partial charge in [0.25, 0.3) is 5.69 Å². The van der Waals surface area contributed by atoms with E-state index in [-0.39, 0.29) is 12.1 Å². The number of amides is 1. The summed E-state index contributed by atoms with van der Waals surface area (Å²) in [6, 6.07) is 12.1. The van der Waals surface area contributed by atoms with Crippen molar-refractivity contribution < 1.29 is 14.5 Å². The van der Waals surface area contributed by atoms with Crippen LogP contribution < -0.4 is 15.1 Å². The molecule has 0 bridgehead atoms. The fraction of sp³-hybridized carbons (Fsp3) is 0.333. The predicted molar refractivity (Wildman–Crippen MR) is 112 cm³/mol. The molecule has 1 aliphatic heterocycles. The Kier molecular flexibility index (Phi) is 6.78. The van der Waals surface area contributed by atoms with E-state index in [1.54, 1.807) is 25.3 Å². The topological polar surface area (TPSA) is 97.1 Å². The maximum absolute atomic E-state index is 12.1. The van der Waals surface area contributed by atoms with Crippen LogP contribution in [-0.4, -0.2) is 37.2 Å². The summed E-state index contributed by atoms with van der Waals surface area (Å²) in [5.41, 5.74) is 4.52. The summed E-state index contributed by atoms with van der Waals surface area (Å²) in [6.45, 7) is 2.08. The monoisotopic (exact) mass is 396 g/mol. The van der Waals surface area contributed by atoms with Gasteiger partial charge in [-0.05, 0) is 31.4 Å². The van der Waals surface area contributed by atoms with E-state index >= 15 is 0 Å². The van der Waals surface area contributed by atoms with Crippen molar-refractivity contribution in [2.75, 3.05) is 25.1 Å². The Morgan fingerprint density at radius 1 is 1.24 bits per heavy atom. The van der Waals surface area contributed by atoms with Crippen LogP contribution in [0.4, 0.5) is 11.4 Å². The van der Waals surface area contributed by atoms with Gasteiger partial charge in [0.05, 0.1) is 24.7 Å². The Morgan fingerprint density at radius 3 is 2.72 bits per heavy atom. The second-order valence-electron chi connectivity index (χ2n) is 6.83. The number of carbonyl (C=O) groups excluding carboxylic acids is 1. The number of nitro benzene ring substituents is 1. The molecule has 0 aliphatic carbocycles. The van der Waals surface area contributed by atoms with Crippen LogP contribution in [0, 0.1) is 10.1 Å². The van der Waals surface area contributed by atoms with E-state index in [4.69, 9.17) is 4.74 Å². The first-order valence-electron chi connectivity index (χ1n) is 9.55. The fourth-order valence-electron chi connectivity index (χ4n) is 3.38. The molecule has 1 N–H and O–H groups in total. The Hall–Kier alpha value is -3.42. The van der Waals surface area contributed by atoms with Crippen LogP contribution >= 0.6 is 0 Å². The Balaban J connectivity index is 1.64. The first-order chi connectivity index (χ1) is 14.1. The minimum Gasteiger partial charge on any atom is -0.496 e. The number of benzene rings is 2. The quantitative estimate of drug-likeness (QED) is 0.440. The van der Waals surface area contributed by atoms with Crippen LogP contribution in [0.5, 0.6) is 5.75 Å². The average Bonchev–Trinajstić information content (AvgIpc) is 2.74. The molecule has 0 aromatic heterocycles. The first-order valence-corrected chi connectivity index (χ1v) is 9.55. The number of hydrazone groups is 1. The van der Waals surface area contributed by atoms with E-state index in [2.05, 4.69) is 15.4 Å². The lowest BCUT2D eigenvalue weighted by atomic mass is 10.1. The van der Waals surface area contributed by atoms with Crippen LogP contribution in [-0.2, 0) is 11.2 Å². The summed E-state index contributed by atoms with van der Waals surface area (Å²) < 4.78 is 5.47. The number of nitrogens with one attached hydrogen (secondary N) is 1. The smallest absolute Gasteiger partial charge is 0.273 e. The van der Waals surface area contributed by atoms with Crippen LogP contribution in [0.25, 0.3) is 0 Å². The molecular formula is C21H24N4O4. The molecule has 1 aliphatic rings. The van der Waals surface area contributed by atoms with Gasteiger partial charge in [-0.3, -0.25) is 14.9 Å². The van der Waals surface area contributed by atoms with Gasteiger partial charge in [0, 0.05) is 42.0 Å². The highest BCUT2D eigenvalue weighted by Crippen LogP contribution is 2.27. The number of piperidine rings is 1. The molecule has 1 heterocycles. The summed E-state index contributed by atoms with van der Waals surface area (Å²) in [5, 5.41) is 15.0. The normalized spacial score (nSPS) is 14.0. The van der Waals surface area contributed by atoms with Gasteiger partial charge in [-0.1, -0.05) is 18.2 Å². The lowest BCUT2D eigenvalue weighted by molar-refractivity contribution is -0.385. The van der Waals surface area contributed by atoms with E-state index in [1.165, 1.54) is 31.5 Å². The van der Waals surface area contributed by atoms with Crippen molar-refractivity contribution in [2.24, 2.45) is 5.10 Å². The molecule has 1 saturated heterocycles. The van der Waals surface area contributed by atoms with Gasteiger partial charge in [-0.15, -0.1) is 0 Å². The van der Waals surface area contributed by atoms with E-state index in [9.17, 15) is 14.9 Å². The number of para-hydroxylation sites is 1. The maximum Gasteiger partial charge on any atom is 0.273 e. The standard InChI is InChI=1S/C21H24N4O4/c1-29-20-14-18(24-11-5-2-6-12-24)10-9-17(20)15-22-23-21(26)13-16-7-3-4-8-19(16)25(27)28/h3-4,7-10,14-15H,2,5-6,11-13H2,1H3,(H,23,26). The third kappa shape index (κ3) is 5.31. The van der Waals surface area contributed by atoms with Crippen molar-refractivity contribution in [3.63, 3.8) is 0 Å². The van der Waals surface area contributed by atoms with Gasteiger partial charge < -0.3 is 9.64 Å². The molecule has 29 heavy (non-hydrogen) atoms. The van der Waals surface area contributed by atoms with Gasteiger partial charge in [-0.2, -0.15) is 5.10 Å². The molecule has 2 aromatic rings. The molecule has 1 amide bonds. The van der Waals surface area contributed by atoms with Gasteiger partial charge in [-0.25, -0.2) is 5.43 Å². The number of nitro groups is 1. The molecule has 0 saturated carbocycles. The lowest BCUT2D eigenvalue weighted by Crippen LogP contribution is -2.29. The summed E-state index contributed by atoms with van der Waals surface area (Å²) in [4.78, 5) is 25.0. The fourth-order valence-corrected chi connectivity index (χ4v) is 3.38. The average molecular weight is 396 g/mol. The number of hydrogen-bond donors (Lipinski definition) is 1. The second-order valence-corrected chi connectivity index (χ2v) is 6.83. The zero-order valence-electron chi connectivity index (χ0n) is 16.3. The van der Waals surface area contributed by atoms with Crippen molar-refractivity contribution in [1.82, 2.24) is 5.43 Å². The van der Waals surface area contributed by atoms with E-state index in [0.29, 0.717) is 11.3 Å². The van der Waals surface area contributed by atoms with Crippen LogP contribution in [0.3, 0.4) is 0 Å². The van der Waals surface area contributed by atoms with Gasteiger partial charge in [0.1, 0.15) is 5.75 Å². The van der Waals surface area contributed by atoms with Crippen molar-refractivity contribution in [2.45, 2.75) is 25.7 Å². The minimum absolute atomic E-state index is 0.0819.